The molecule has 0 aliphatic carbocycles. The minimum Gasteiger partial charge on any atom is -0.479 e. The van der Waals surface area contributed by atoms with Crippen LogP contribution in [-0.4, -0.2) is 33.8 Å². The number of halogens is 3. The number of nitrogens with zero attached hydrogens (tertiary/aromatic N) is 1. The lowest BCUT2D eigenvalue weighted by atomic mass is 10.0. The maximum atomic E-state index is 12.6. The van der Waals surface area contributed by atoms with Crippen molar-refractivity contribution in [1.29, 1.82) is 0 Å². The lowest BCUT2D eigenvalue weighted by molar-refractivity contribution is -0.203. The first kappa shape index (κ1) is 14.7. The van der Waals surface area contributed by atoms with Crippen LogP contribution in [0.2, 0.25) is 0 Å². The van der Waals surface area contributed by atoms with Gasteiger partial charge in [-0.2, -0.15) is 13.2 Å². The molecule has 1 unspecified atom stereocenters. The first-order chi connectivity index (χ1) is 8.67. The molecule has 6 nitrogen and oxygen atoms in total. The van der Waals surface area contributed by atoms with Crippen LogP contribution in [0.5, 0.6) is 0 Å². The van der Waals surface area contributed by atoms with Gasteiger partial charge >= 0.3 is 18.2 Å². The summed E-state index contributed by atoms with van der Waals surface area (Å²) in [6, 6.07) is 1.55. The van der Waals surface area contributed by atoms with Gasteiger partial charge in [0, 0.05) is 6.20 Å². The highest BCUT2D eigenvalue weighted by molar-refractivity contribution is 5.94. The highest BCUT2D eigenvalue weighted by Gasteiger charge is 2.58. The number of hydrogen-bond acceptors (Lipinski definition) is 3. The number of urea groups is 1. The molecule has 0 bridgehead atoms. The maximum absolute atomic E-state index is 12.6. The number of anilines is 1. The Kier molecular flexibility index (Phi) is 3.98. The number of aromatic nitrogens is 1. The lowest BCUT2D eigenvalue weighted by Crippen LogP contribution is -2.62. The van der Waals surface area contributed by atoms with Gasteiger partial charge in [0.2, 0.25) is 5.54 Å². The predicted octanol–water partition coefficient (Wildman–Crippen LogP) is 1.61. The van der Waals surface area contributed by atoms with Gasteiger partial charge in [-0.3, -0.25) is 4.98 Å². The number of pyridine rings is 1. The fraction of sp³-hybridized carbons (Fsp3) is 0.300. The minimum absolute atomic E-state index is 0.134. The number of alkyl halides is 3. The van der Waals surface area contributed by atoms with Crippen LogP contribution in [0.15, 0.2) is 24.5 Å². The van der Waals surface area contributed by atoms with E-state index in [0.29, 0.717) is 6.92 Å². The van der Waals surface area contributed by atoms with E-state index in [1.807, 2.05) is 5.32 Å². The smallest absolute Gasteiger partial charge is 0.422 e. The molecule has 0 saturated heterocycles. The monoisotopic (exact) mass is 277 g/mol. The molecule has 0 radical (unpaired) electrons. The molecule has 0 spiro atoms. The number of carboxylic acids is 1. The molecule has 0 saturated carbocycles. The maximum Gasteiger partial charge on any atom is 0.422 e. The molecule has 19 heavy (non-hydrogen) atoms. The molecule has 2 amide bonds. The van der Waals surface area contributed by atoms with Crippen LogP contribution in [0.3, 0.4) is 0 Å². The Labute approximate surface area is 105 Å². The van der Waals surface area contributed by atoms with E-state index in [9.17, 15) is 22.8 Å². The van der Waals surface area contributed by atoms with Gasteiger partial charge in [0.05, 0.1) is 11.9 Å². The van der Waals surface area contributed by atoms with Crippen molar-refractivity contribution in [3.05, 3.63) is 24.5 Å². The summed E-state index contributed by atoms with van der Waals surface area (Å²) in [6.07, 6.45) is -2.53. The average molecular weight is 277 g/mol. The van der Waals surface area contributed by atoms with Crippen molar-refractivity contribution in [2.24, 2.45) is 0 Å². The van der Waals surface area contributed by atoms with Gasteiger partial charge in [0.1, 0.15) is 0 Å². The zero-order chi connectivity index (χ0) is 14.7. The van der Waals surface area contributed by atoms with E-state index in [2.05, 4.69) is 4.98 Å². The molecule has 3 N–H and O–H groups in total. The molecule has 1 aromatic rings. The first-order valence-electron chi connectivity index (χ1n) is 4.96. The van der Waals surface area contributed by atoms with Crippen molar-refractivity contribution in [3.63, 3.8) is 0 Å². The minimum atomic E-state index is -5.13. The molecular formula is C10H10F3N3O3. The summed E-state index contributed by atoms with van der Waals surface area (Å²) >= 11 is 0. The number of carbonyl (C=O) groups is 2. The SMILES string of the molecule is CC(NC(=O)Nc1cccnc1)(C(=O)O)C(F)(F)F. The van der Waals surface area contributed by atoms with Gasteiger partial charge in [0.15, 0.2) is 0 Å². The van der Waals surface area contributed by atoms with E-state index in [1.165, 1.54) is 29.8 Å². The van der Waals surface area contributed by atoms with E-state index in [1.54, 1.807) is 0 Å². The van der Waals surface area contributed by atoms with Gasteiger partial charge in [-0.15, -0.1) is 0 Å². The molecule has 0 aromatic carbocycles. The van der Waals surface area contributed by atoms with Crippen molar-refractivity contribution < 1.29 is 27.9 Å². The van der Waals surface area contributed by atoms with Crippen LogP contribution in [0, 0.1) is 0 Å². The second-order valence-electron chi connectivity index (χ2n) is 3.75. The summed E-state index contributed by atoms with van der Waals surface area (Å²) in [6.45, 7) is 0.359. The van der Waals surface area contributed by atoms with E-state index in [-0.39, 0.29) is 5.69 Å². The Morgan fingerprint density at radius 3 is 2.42 bits per heavy atom. The van der Waals surface area contributed by atoms with E-state index >= 15 is 0 Å². The molecule has 1 atom stereocenters. The molecule has 0 fully saturated rings. The Morgan fingerprint density at radius 1 is 1.37 bits per heavy atom. The summed E-state index contributed by atoms with van der Waals surface area (Å²) in [5.74, 6) is -2.21. The van der Waals surface area contributed by atoms with Crippen LogP contribution in [-0.2, 0) is 4.79 Å². The number of carboxylic acid groups (broad SMARTS) is 1. The average Bonchev–Trinajstić information content (AvgIpc) is 2.28. The summed E-state index contributed by atoms with van der Waals surface area (Å²) in [4.78, 5) is 25.7. The third-order valence-corrected chi connectivity index (χ3v) is 2.28. The third kappa shape index (κ3) is 3.33. The van der Waals surface area contributed by atoms with Crippen molar-refractivity contribution in [3.8, 4) is 0 Å². The number of carbonyl (C=O) groups excluding carboxylic acids is 1. The van der Waals surface area contributed by atoms with Crippen LogP contribution in [0.25, 0.3) is 0 Å². The van der Waals surface area contributed by atoms with Crippen molar-refractivity contribution in [1.82, 2.24) is 10.3 Å². The highest BCUT2D eigenvalue weighted by atomic mass is 19.4. The molecule has 104 valence electrons. The van der Waals surface area contributed by atoms with Gasteiger partial charge < -0.3 is 15.7 Å². The molecule has 0 aliphatic heterocycles. The van der Waals surface area contributed by atoms with Gasteiger partial charge in [-0.1, -0.05) is 0 Å². The first-order valence-corrected chi connectivity index (χ1v) is 4.96. The van der Waals surface area contributed by atoms with Gasteiger partial charge in [-0.25, -0.2) is 9.59 Å². The Balaban J connectivity index is 2.82. The summed E-state index contributed by atoms with van der Waals surface area (Å²) < 4.78 is 37.9. The normalized spacial score (nSPS) is 14.3. The van der Waals surface area contributed by atoms with Crippen LogP contribution < -0.4 is 10.6 Å². The van der Waals surface area contributed by atoms with Crippen LogP contribution in [0.4, 0.5) is 23.7 Å². The largest absolute Gasteiger partial charge is 0.479 e. The van der Waals surface area contributed by atoms with E-state index in [0.717, 1.165) is 0 Å². The number of aliphatic carboxylic acids is 1. The van der Waals surface area contributed by atoms with E-state index in [4.69, 9.17) is 5.11 Å². The van der Waals surface area contributed by atoms with Gasteiger partial charge in [-0.05, 0) is 19.1 Å². The zero-order valence-electron chi connectivity index (χ0n) is 9.65. The second kappa shape index (κ2) is 5.12. The molecule has 9 heteroatoms. The standard InChI is InChI=1S/C10H10F3N3O3/c1-9(7(17)18,10(11,12)13)16-8(19)15-6-3-2-4-14-5-6/h2-5H,1H3,(H,17,18)(H2,15,16,19). The van der Waals surface area contributed by atoms with Crippen molar-refractivity contribution in [2.75, 3.05) is 5.32 Å². The molecule has 1 rings (SSSR count). The third-order valence-electron chi connectivity index (χ3n) is 2.28. The highest BCUT2D eigenvalue weighted by Crippen LogP contribution is 2.30. The number of nitrogens with one attached hydrogen (secondary N) is 2. The van der Waals surface area contributed by atoms with Crippen molar-refractivity contribution >= 4 is 17.7 Å². The summed E-state index contributed by atoms with van der Waals surface area (Å²) in [5, 5.41) is 12.0. The second-order valence-corrected chi connectivity index (χ2v) is 3.75. The van der Waals surface area contributed by atoms with Gasteiger partial charge in [0.25, 0.3) is 0 Å². The number of hydrogen-bond donors (Lipinski definition) is 3. The molecule has 1 aromatic heterocycles. The topological polar surface area (TPSA) is 91.3 Å². The fourth-order valence-corrected chi connectivity index (χ4v) is 1.07. The summed E-state index contributed by atoms with van der Waals surface area (Å²) in [7, 11) is 0. The quantitative estimate of drug-likeness (QED) is 0.782. The molecule has 0 aliphatic rings. The Hall–Kier alpha value is -2.32. The number of rotatable bonds is 3. The van der Waals surface area contributed by atoms with E-state index < -0.39 is 23.7 Å². The Morgan fingerprint density at radius 2 is 2.00 bits per heavy atom. The van der Waals surface area contributed by atoms with Crippen LogP contribution in [0.1, 0.15) is 6.92 Å². The Bertz CT molecular complexity index is 478. The zero-order valence-corrected chi connectivity index (χ0v) is 9.65. The van der Waals surface area contributed by atoms with Crippen molar-refractivity contribution in [2.45, 2.75) is 18.6 Å². The molecule has 1 heterocycles. The lowest BCUT2D eigenvalue weighted by Gasteiger charge is -2.28. The fourth-order valence-electron chi connectivity index (χ4n) is 1.07. The predicted molar refractivity (Wildman–Crippen MR) is 58.5 cm³/mol. The molecular weight excluding hydrogens is 267 g/mol. The summed E-state index contributed by atoms with van der Waals surface area (Å²) in [5.41, 5.74) is -3.24. The van der Waals surface area contributed by atoms with Crippen LogP contribution >= 0.6 is 0 Å². The number of amides is 2.